The van der Waals surface area contributed by atoms with E-state index in [1.807, 2.05) is 0 Å². The molecule has 264 valence electrons. The maximum atomic E-state index is 12.6. The van der Waals surface area contributed by atoms with Crippen LogP contribution in [0.1, 0.15) is 107 Å². The quantitative estimate of drug-likeness (QED) is 0.211. The highest BCUT2D eigenvalue weighted by Crippen LogP contribution is 2.91. The molecule has 0 bridgehead atoms. The van der Waals surface area contributed by atoms with Gasteiger partial charge in [0.1, 0.15) is 0 Å². The minimum absolute atomic E-state index is 0.0446. The van der Waals surface area contributed by atoms with Gasteiger partial charge in [-0.05, 0) is 110 Å². The predicted octanol–water partition coefficient (Wildman–Crippen LogP) is 4.46. The molecule has 1 saturated heterocycles. The van der Waals surface area contributed by atoms with Crippen molar-refractivity contribution >= 4 is 5.97 Å². The lowest BCUT2D eigenvalue weighted by Gasteiger charge is -2.63. The third-order valence-electron chi connectivity index (χ3n) is 15.6. The fraction of sp³-hybridized carbons (Fsp3) is 0.973. The molecule has 0 aromatic heterocycles. The minimum Gasteiger partial charge on any atom is -0.457 e. The van der Waals surface area contributed by atoms with Gasteiger partial charge in [-0.15, -0.1) is 0 Å². The van der Waals surface area contributed by atoms with Gasteiger partial charge in [-0.25, -0.2) is 0 Å². The summed E-state index contributed by atoms with van der Waals surface area (Å²) in [5, 5.41) is 42.8. The smallest absolute Gasteiger partial charge is 0.303 e. The van der Waals surface area contributed by atoms with E-state index in [0.29, 0.717) is 24.2 Å². The number of rotatable bonds is 9. The second-order valence-corrected chi connectivity index (χ2v) is 17.9. The van der Waals surface area contributed by atoms with Crippen LogP contribution in [0.2, 0.25) is 0 Å². The van der Waals surface area contributed by atoms with Crippen molar-refractivity contribution in [1.29, 1.82) is 0 Å². The molecule has 6 rings (SSSR count). The van der Waals surface area contributed by atoms with E-state index in [1.165, 1.54) is 6.92 Å². The highest BCUT2D eigenvalue weighted by molar-refractivity contribution is 5.66. The van der Waals surface area contributed by atoms with Crippen molar-refractivity contribution in [2.75, 3.05) is 19.8 Å². The molecule has 15 atom stereocenters. The minimum atomic E-state index is -1.28. The van der Waals surface area contributed by atoms with E-state index in [4.69, 9.17) is 18.9 Å². The molecule has 5 aliphatic carbocycles. The summed E-state index contributed by atoms with van der Waals surface area (Å²) < 4.78 is 24.5. The Labute approximate surface area is 276 Å². The largest absolute Gasteiger partial charge is 0.457 e. The fourth-order valence-corrected chi connectivity index (χ4v) is 13.8. The number of aliphatic hydroxyl groups is 4. The van der Waals surface area contributed by atoms with Crippen molar-refractivity contribution < 1.29 is 44.2 Å². The average Bonchev–Trinajstić information content (AvgIpc) is 3.44. The van der Waals surface area contributed by atoms with E-state index in [1.54, 1.807) is 13.8 Å². The van der Waals surface area contributed by atoms with Gasteiger partial charge in [-0.2, -0.15) is 0 Å². The number of aliphatic hydroxyl groups excluding tert-OH is 3. The van der Waals surface area contributed by atoms with E-state index in [-0.39, 0.29) is 70.9 Å². The summed E-state index contributed by atoms with van der Waals surface area (Å²) in [5.41, 5.74) is -1.49. The van der Waals surface area contributed by atoms with Crippen molar-refractivity contribution in [3.8, 4) is 0 Å². The molecule has 0 amide bonds. The second kappa shape index (κ2) is 11.4. The summed E-state index contributed by atoms with van der Waals surface area (Å²) >= 11 is 0. The first-order chi connectivity index (χ1) is 21.4. The normalized spacial score (nSPS) is 50.2. The predicted molar refractivity (Wildman–Crippen MR) is 171 cm³/mol. The second-order valence-electron chi connectivity index (χ2n) is 17.9. The van der Waals surface area contributed by atoms with Crippen LogP contribution >= 0.6 is 0 Å². The van der Waals surface area contributed by atoms with Crippen LogP contribution in [0, 0.1) is 56.7 Å². The Balaban J connectivity index is 1.30. The average molecular weight is 651 g/mol. The summed E-state index contributed by atoms with van der Waals surface area (Å²) in [6.07, 6.45) is 3.88. The highest BCUT2D eigenvalue weighted by Gasteiger charge is 2.88. The van der Waals surface area contributed by atoms with E-state index in [9.17, 15) is 25.2 Å². The molecule has 2 spiro atoms. The Morgan fingerprint density at radius 3 is 2.26 bits per heavy atom. The Morgan fingerprint density at radius 1 is 1.00 bits per heavy atom. The maximum absolute atomic E-state index is 12.6. The molecular formula is C37H62O9. The molecule has 15 unspecified atom stereocenters. The highest BCUT2D eigenvalue weighted by atomic mass is 16.7. The molecule has 0 aromatic carbocycles. The maximum Gasteiger partial charge on any atom is 0.303 e. The van der Waals surface area contributed by atoms with Crippen LogP contribution in [0.25, 0.3) is 0 Å². The number of carbonyl (C=O) groups excluding carboxylic acids is 1. The lowest BCUT2D eigenvalue weighted by Crippen LogP contribution is -2.60. The Bertz CT molecular complexity index is 1170. The number of carbonyl (C=O) groups is 1. The van der Waals surface area contributed by atoms with Crippen LogP contribution in [0.5, 0.6) is 0 Å². The molecule has 6 aliphatic rings. The van der Waals surface area contributed by atoms with Gasteiger partial charge >= 0.3 is 5.97 Å². The monoisotopic (exact) mass is 650 g/mol. The van der Waals surface area contributed by atoms with Crippen molar-refractivity contribution in [2.45, 2.75) is 150 Å². The number of hydrogen-bond acceptors (Lipinski definition) is 9. The van der Waals surface area contributed by atoms with Crippen LogP contribution < -0.4 is 0 Å². The molecule has 5 saturated carbocycles. The summed E-state index contributed by atoms with van der Waals surface area (Å²) in [6, 6.07) is 0. The molecule has 0 radical (unpaired) electrons. The fourth-order valence-electron chi connectivity index (χ4n) is 13.8. The van der Waals surface area contributed by atoms with Gasteiger partial charge in [0.05, 0.1) is 49.8 Å². The number of fused-ring (bicyclic) bond motifs is 4. The molecule has 6 fully saturated rings. The first kappa shape index (κ1) is 35.0. The molecule has 0 aromatic rings. The Hall–Kier alpha value is -0.810. The van der Waals surface area contributed by atoms with Gasteiger partial charge in [0, 0.05) is 12.3 Å². The molecule has 4 N–H and O–H groups in total. The van der Waals surface area contributed by atoms with Crippen LogP contribution in [0.4, 0.5) is 0 Å². The molecule has 9 nitrogen and oxygen atoms in total. The zero-order valence-electron chi connectivity index (χ0n) is 29.8. The topological polar surface area (TPSA) is 135 Å². The van der Waals surface area contributed by atoms with Gasteiger partial charge in [0.15, 0.2) is 12.4 Å². The number of ether oxygens (including phenoxy) is 4. The van der Waals surface area contributed by atoms with E-state index in [2.05, 4.69) is 41.5 Å². The van der Waals surface area contributed by atoms with Gasteiger partial charge < -0.3 is 39.4 Å². The van der Waals surface area contributed by atoms with Crippen molar-refractivity contribution in [3.05, 3.63) is 0 Å². The number of hydrogen-bond donors (Lipinski definition) is 4. The van der Waals surface area contributed by atoms with E-state index < -0.39 is 36.2 Å². The van der Waals surface area contributed by atoms with Crippen LogP contribution in [-0.4, -0.2) is 88.6 Å². The lowest BCUT2D eigenvalue weighted by atomic mass is 9.41. The van der Waals surface area contributed by atoms with E-state index >= 15 is 0 Å². The van der Waals surface area contributed by atoms with Crippen LogP contribution in [0.15, 0.2) is 0 Å². The lowest BCUT2D eigenvalue weighted by molar-refractivity contribution is -0.243. The van der Waals surface area contributed by atoms with Gasteiger partial charge in [0.25, 0.3) is 0 Å². The van der Waals surface area contributed by atoms with Crippen molar-refractivity contribution in [1.82, 2.24) is 0 Å². The van der Waals surface area contributed by atoms with Crippen molar-refractivity contribution in [3.63, 3.8) is 0 Å². The van der Waals surface area contributed by atoms with Crippen molar-refractivity contribution in [2.24, 2.45) is 56.7 Å². The SMILES string of the molecule is CC(=O)OC(C1CC(C)C2C(O1)C(O)C1(C)C3CCC4C(C)(C)C(OC(CO)OCCO)CCC45C(C)C35CCC21C)C(C)(C)O. The first-order valence-corrected chi connectivity index (χ1v) is 18.1. The molecule has 9 heteroatoms. The molecule has 1 aliphatic heterocycles. The van der Waals surface area contributed by atoms with Crippen LogP contribution in [-0.2, 0) is 23.7 Å². The first-order valence-electron chi connectivity index (χ1n) is 18.1. The summed E-state index contributed by atoms with van der Waals surface area (Å²) in [6.45, 7) is 18.7. The van der Waals surface area contributed by atoms with Crippen LogP contribution in [0.3, 0.4) is 0 Å². The zero-order valence-corrected chi connectivity index (χ0v) is 29.8. The zero-order chi connectivity index (χ0) is 33.8. The Morgan fingerprint density at radius 2 is 1.65 bits per heavy atom. The summed E-state index contributed by atoms with van der Waals surface area (Å²) in [7, 11) is 0. The third kappa shape index (κ3) is 4.47. The number of esters is 1. The van der Waals surface area contributed by atoms with Gasteiger partial charge in [0.2, 0.25) is 0 Å². The van der Waals surface area contributed by atoms with Gasteiger partial charge in [-0.3, -0.25) is 4.79 Å². The molecule has 1 heterocycles. The van der Waals surface area contributed by atoms with Gasteiger partial charge in [-0.1, -0.05) is 41.5 Å². The Kier molecular flexibility index (Phi) is 8.65. The summed E-state index contributed by atoms with van der Waals surface area (Å²) in [5.74, 6) is 1.35. The molecular weight excluding hydrogens is 588 g/mol. The summed E-state index contributed by atoms with van der Waals surface area (Å²) in [4.78, 5) is 12.1. The third-order valence-corrected chi connectivity index (χ3v) is 15.6. The molecule has 46 heavy (non-hydrogen) atoms. The standard InChI is InChI=1S/C37H62O9/c1-20-18-23(31(33(6,7)42)44-22(3)40)45-29-28(20)34(8)14-15-37-21(2)36(37)13-12-26(46-27(19-39)43-17-16-38)32(4,5)24(36)10-11-25(37)35(34,9)30(29)41/h20-21,23-31,38-39,41-42H,10-19H2,1-9H3. The van der Waals surface area contributed by atoms with E-state index in [0.717, 1.165) is 38.5 Å².